The average Bonchev–Trinajstić information content (AvgIpc) is 2.64. The van der Waals surface area contributed by atoms with E-state index in [1.807, 2.05) is 0 Å². The predicted octanol–water partition coefficient (Wildman–Crippen LogP) is 6.27. The summed E-state index contributed by atoms with van der Waals surface area (Å²) in [5.41, 5.74) is -3.19. The Morgan fingerprint density at radius 2 is 1.23 bits per heavy atom. The van der Waals surface area contributed by atoms with Gasteiger partial charge in [-0.25, -0.2) is 0 Å². The van der Waals surface area contributed by atoms with Gasteiger partial charge < -0.3 is 4.74 Å². The average molecular weight is 482 g/mol. The number of aldehydes is 1. The third-order valence-electron chi connectivity index (χ3n) is 4.24. The topological polar surface area (TPSA) is 26.3 Å². The summed E-state index contributed by atoms with van der Waals surface area (Å²) in [6, 6.07) is 0.346. The SMILES string of the molecule is CCc1cc(C(F)(F)C(F)(F)C(F)(F)C(F)(F)C(F)(F)C(F)(F)F)c(OC)cc1C=O. The van der Waals surface area contributed by atoms with Crippen molar-refractivity contribution in [2.24, 2.45) is 0 Å². The molecule has 0 saturated carbocycles. The lowest BCUT2D eigenvalue weighted by Crippen LogP contribution is -2.69. The smallest absolute Gasteiger partial charge is 0.460 e. The van der Waals surface area contributed by atoms with Gasteiger partial charge in [0.1, 0.15) is 12.0 Å². The molecule has 1 aromatic carbocycles. The van der Waals surface area contributed by atoms with Gasteiger partial charge in [0.05, 0.1) is 12.7 Å². The zero-order valence-corrected chi connectivity index (χ0v) is 15.2. The van der Waals surface area contributed by atoms with Crippen molar-refractivity contribution in [2.45, 2.75) is 49.1 Å². The fraction of sp³-hybridized carbons (Fsp3) is 0.562. The molecule has 0 amide bonds. The Bertz CT molecular complexity index is 828. The maximum Gasteiger partial charge on any atom is 0.460 e. The number of halogens is 13. The Morgan fingerprint density at radius 3 is 1.58 bits per heavy atom. The summed E-state index contributed by atoms with van der Waals surface area (Å²) in [5.74, 6) is -39.1. The number of carbonyl (C=O) groups excluding carboxylic acids is 1. The van der Waals surface area contributed by atoms with Crippen molar-refractivity contribution in [3.8, 4) is 5.75 Å². The third-order valence-corrected chi connectivity index (χ3v) is 4.24. The van der Waals surface area contributed by atoms with E-state index in [0.29, 0.717) is 13.2 Å². The van der Waals surface area contributed by atoms with Crippen LogP contribution in [0, 0.1) is 0 Å². The fourth-order valence-electron chi connectivity index (χ4n) is 2.41. The van der Waals surface area contributed by atoms with Crippen LogP contribution in [0.2, 0.25) is 0 Å². The number of benzene rings is 1. The number of ether oxygens (including phenoxy) is 1. The Hall–Kier alpha value is -2.22. The Morgan fingerprint density at radius 1 is 0.774 bits per heavy atom. The van der Waals surface area contributed by atoms with Crippen molar-refractivity contribution in [3.63, 3.8) is 0 Å². The summed E-state index contributed by atoms with van der Waals surface area (Å²) in [7, 11) is 0.526. The molecule has 0 heterocycles. The van der Waals surface area contributed by atoms with Crippen LogP contribution in [0.25, 0.3) is 0 Å². The number of carbonyl (C=O) groups is 1. The van der Waals surface area contributed by atoms with E-state index in [0.717, 1.165) is 0 Å². The summed E-state index contributed by atoms with van der Waals surface area (Å²) in [6.45, 7) is 1.18. The molecule has 0 N–H and O–H groups in total. The summed E-state index contributed by atoms with van der Waals surface area (Å²) < 4.78 is 177. The van der Waals surface area contributed by atoms with E-state index in [9.17, 15) is 61.9 Å². The molecular formula is C16H11F13O2. The van der Waals surface area contributed by atoms with Crippen LogP contribution in [0.5, 0.6) is 5.75 Å². The maximum absolute atomic E-state index is 14.4. The van der Waals surface area contributed by atoms with Crippen LogP contribution in [0.4, 0.5) is 57.1 Å². The molecule has 15 heteroatoms. The molecule has 178 valence electrons. The van der Waals surface area contributed by atoms with Crippen LogP contribution in [0.1, 0.15) is 28.4 Å². The number of methoxy groups -OCH3 is 1. The Balaban J connectivity index is 3.81. The van der Waals surface area contributed by atoms with Gasteiger partial charge in [0, 0.05) is 5.56 Å². The summed E-state index contributed by atoms with van der Waals surface area (Å²) in [4.78, 5) is 10.9. The van der Waals surface area contributed by atoms with Gasteiger partial charge in [0.25, 0.3) is 0 Å². The van der Waals surface area contributed by atoms with Gasteiger partial charge in [0.15, 0.2) is 0 Å². The van der Waals surface area contributed by atoms with Crippen molar-refractivity contribution in [1.29, 1.82) is 0 Å². The van der Waals surface area contributed by atoms with Crippen LogP contribution in [-0.2, 0) is 12.3 Å². The predicted molar refractivity (Wildman–Crippen MR) is 77.5 cm³/mol. The molecule has 31 heavy (non-hydrogen) atoms. The number of hydrogen-bond acceptors (Lipinski definition) is 2. The number of hydrogen-bond donors (Lipinski definition) is 0. The molecule has 0 fully saturated rings. The van der Waals surface area contributed by atoms with Gasteiger partial charge in [-0.2, -0.15) is 57.1 Å². The highest BCUT2D eigenvalue weighted by Crippen LogP contribution is 2.62. The maximum atomic E-state index is 14.4. The number of aryl methyl sites for hydroxylation is 1. The fourth-order valence-corrected chi connectivity index (χ4v) is 2.41. The van der Waals surface area contributed by atoms with E-state index in [1.54, 1.807) is 0 Å². The lowest BCUT2D eigenvalue weighted by Gasteiger charge is -2.40. The third kappa shape index (κ3) is 3.69. The molecule has 1 rings (SSSR count). The first-order chi connectivity index (χ1) is 13.7. The van der Waals surface area contributed by atoms with Crippen LogP contribution in [0.15, 0.2) is 12.1 Å². The molecule has 0 aliphatic carbocycles. The standard InChI is InChI=1S/C16H11F13O2/c1-3-7-4-9(10(31-2)5-8(7)6-30)11(17,18)12(19,20)13(21,22)14(23,24)15(25,26)16(27,28)29/h4-6H,3H2,1-2H3. The van der Waals surface area contributed by atoms with Crippen molar-refractivity contribution in [3.05, 3.63) is 28.8 Å². The molecule has 0 bridgehead atoms. The van der Waals surface area contributed by atoms with Crippen molar-refractivity contribution in [2.75, 3.05) is 7.11 Å². The molecule has 0 aliphatic rings. The van der Waals surface area contributed by atoms with Gasteiger partial charge in [-0.05, 0) is 24.1 Å². The molecule has 0 saturated heterocycles. The number of rotatable bonds is 8. The molecule has 1 aromatic rings. The molecule has 0 aromatic heterocycles. The van der Waals surface area contributed by atoms with Crippen molar-refractivity contribution >= 4 is 6.29 Å². The lowest BCUT2D eigenvalue weighted by atomic mass is 9.88. The minimum Gasteiger partial charge on any atom is -0.496 e. The molecule has 0 spiro atoms. The zero-order valence-electron chi connectivity index (χ0n) is 15.2. The van der Waals surface area contributed by atoms with Gasteiger partial charge in [-0.15, -0.1) is 0 Å². The second-order valence-electron chi connectivity index (χ2n) is 6.09. The minimum atomic E-state index is -7.99. The first-order valence-electron chi connectivity index (χ1n) is 7.81. The van der Waals surface area contributed by atoms with Crippen molar-refractivity contribution in [1.82, 2.24) is 0 Å². The Kier molecular flexibility index (Phi) is 6.68. The second kappa shape index (κ2) is 7.73. The summed E-state index contributed by atoms with van der Waals surface area (Å²) in [5, 5.41) is 0. The largest absolute Gasteiger partial charge is 0.496 e. The molecule has 2 nitrogen and oxygen atoms in total. The van der Waals surface area contributed by atoms with Gasteiger partial charge in [0.2, 0.25) is 0 Å². The minimum absolute atomic E-state index is 0.00734. The molecule has 0 aliphatic heterocycles. The van der Waals surface area contributed by atoms with Crippen LogP contribution in [-0.4, -0.2) is 43.3 Å². The molecule has 0 radical (unpaired) electrons. The summed E-state index contributed by atoms with van der Waals surface area (Å²) in [6.07, 6.45) is -7.82. The van der Waals surface area contributed by atoms with E-state index >= 15 is 0 Å². The normalized spacial score (nSPS) is 14.5. The number of alkyl halides is 13. The van der Waals surface area contributed by atoms with E-state index in [-0.39, 0.29) is 18.8 Å². The molecule has 0 unspecified atom stereocenters. The van der Waals surface area contributed by atoms with Gasteiger partial charge in [-0.1, -0.05) is 6.92 Å². The highest BCUT2D eigenvalue weighted by atomic mass is 19.4. The lowest BCUT2D eigenvalue weighted by molar-refractivity contribution is -0.441. The molecular weight excluding hydrogens is 471 g/mol. The first-order valence-corrected chi connectivity index (χ1v) is 7.81. The quantitative estimate of drug-likeness (QED) is 0.323. The second-order valence-corrected chi connectivity index (χ2v) is 6.09. The van der Waals surface area contributed by atoms with Gasteiger partial charge >= 0.3 is 35.8 Å². The monoisotopic (exact) mass is 482 g/mol. The zero-order chi connectivity index (χ0) is 24.8. The van der Waals surface area contributed by atoms with Crippen LogP contribution >= 0.6 is 0 Å². The van der Waals surface area contributed by atoms with E-state index in [2.05, 4.69) is 4.74 Å². The first kappa shape index (κ1) is 26.8. The van der Waals surface area contributed by atoms with Gasteiger partial charge in [-0.3, -0.25) is 4.79 Å². The van der Waals surface area contributed by atoms with Crippen molar-refractivity contribution < 1.29 is 66.6 Å². The van der Waals surface area contributed by atoms with E-state index in [4.69, 9.17) is 0 Å². The van der Waals surface area contributed by atoms with E-state index in [1.165, 1.54) is 6.92 Å². The Labute approximate surface area is 165 Å². The van der Waals surface area contributed by atoms with E-state index < -0.39 is 58.2 Å². The highest BCUT2D eigenvalue weighted by Gasteiger charge is 2.91. The molecule has 0 atom stereocenters. The summed E-state index contributed by atoms with van der Waals surface area (Å²) >= 11 is 0. The highest BCUT2D eigenvalue weighted by molar-refractivity contribution is 5.79. The van der Waals surface area contributed by atoms with Crippen LogP contribution < -0.4 is 4.74 Å². The van der Waals surface area contributed by atoms with Crippen LogP contribution in [0.3, 0.4) is 0 Å².